The fourth-order valence-electron chi connectivity index (χ4n) is 6.09. The van der Waals surface area contributed by atoms with Gasteiger partial charge >= 0.3 is 11.9 Å². The molecule has 2 atom stereocenters. The van der Waals surface area contributed by atoms with E-state index in [1.807, 2.05) is 33.3 Å². The van der Waals surface area contributed by atoms with E-state index >= 15 is 0 Å². The minimum atomic E-state index is -4.65. The number of phosphoric acid groups is 1. The first-order valence-corrected chi connectivity index (χ1v) is 25.1. The summed E-state index contributed by atoms with van der Waals surface area (Å²) in [7, 11) is 1.11. The lowest BCUT2D eigenvalue weighted by Crippen LogP contribution is -2.37. The number of phosphoric ester groups is 1. The smallest absolute Gasteiger partial charge is 0.306 e. The van der Waals surface area contributed by atoms with E-state index in [9.17, 15) is 19.0 Å². The standard InChI is InChI=1S/C50H88NO8P/c1-6-8-10-12-14-16-18-20-22-24-25-27-29-31-33-35-37-39-41-43-50(53)59-48(47-58-60(54,55)57-45-44-51(3,4)5)46-56-49(52)42-40-38-36-34-32-30-28-26-23-21-19-17-15-13-11-9-7-2/h8,10,14,16,20,22,25,27,31,33,37,39,48H,6-7,9,11-13,15,17-19,21,23-24,26,28-30,32,34-36,38,40-47H2,1-5H3/b10-8+,16-14+,22-20+,27-25+,33-31+,39-37+/t48-/m1/s1. The van der Waals surface area contributed by atoms with E-state index in [1.165, 1.54) is 89.9 Å². The molecule has 60 heavy (non-hydrogen) atoms. The molecule has 0 N–H and O–H groups in total. The van der Waals surface area contributed by atoms with Gasteiger partial charge in [0.05, 0.1) is 27.7 Å². The van der Waals surface area contributed by atoms with Gasteiger partial charge in [-0.2, -0.15) is 0 Å². The third-order valence-corrected chi connectivity index (χ3v) is 10.7. The van der Waals surface area contributed by atoms with Gasteiger partial charge in [-0.3, -0.25) is 14.2 Å². The summed E-state index contributed by atoms with van der Waals surface area (Å²) in [5, 5.41) is 0. The zero-order valence-corrected chi connectivity index (χ0v) is 39.8. The second-order valence-corrected chi connectivity index (χ2v) is 18.2. The maximum atomic E-state index is 12.7. The molecule has 0 aliphatic heterocycles. The minimum absolute atomic E-state index is 0.0466. The number of nitrogens with zero attached hydrogens (tertiary/aromatic N) is 1. The van der Waals surface area contributed by atoms with Crippen LogP contribution in [0.4, 0.5) is 0 Å². The normalized spacial score (nSPS) is 14.2. The molecular weight excluding hydrogens is 774 g/mol. The molecule has 0 spiro atoms. The highest BCUT2D eigenvalue weighted by Crippen LogP contribution is 2.38. The molecule has 0 aromatic rings. The quantitative estimate of drug-likeness (QED) is 0.0196. The summed E-state index contributed by atoms with van der Waals surface area (Å²) in [5.41, 5.74) is 0. The molecule has 0 amide bonds. The zero-order chi connectivity index (χ0) is 44.3. The number of quaternary nitrogens is 1. The lowest BCUT2D eigenvalue weighted by atomic mass is 10.0. The molecule has 0 saturated heterocycles. The number of hydrogen-bond acceptors (Lipinski definition) is 8. The molecule has 0 bridgehead atoms. The Labute approximate surface area is 368 Å². The number of hydrogen-bond donors (Lipinski definition) is 0. The fraction of sp³-hybridized carbons (Fsp3) is 0.720. The van der Waals surface area contributed by atoms with Crippen molar-refractivity contribution in [2.24, 2.45) is 0 Å². The van der Waals surface area contributed by atoms with E-state index in [0.29, 0.717) is 17.4 Å². The lowest BCUT2D eigenvalue weighted by Gasteiger charge is -2.28. The number of esters is 2. The van der Waals surface area contributed by atoms with E-state index in [0.717, 1.165) is 57.8 Å². The number of unbranched alkanes of at least 4 members (excludes halogenated alkanes) is 16. The molecule has 0 heterocycles. The first-order valence-electron chi connectivity index (χ1n) is 23.6. The van der Waals surface area contributed by atoms with Crippen LogP contribution >= 0.6 is 7.82 Å². The van der Waals surface area contributed by atoms with Crippen LogP contribution in [-0.4, -0.2) is 70.0 Å². The zero-order valence-electron chi connectivity index (χ0n) is 38.9. The van der Waals surface area contributed by atoms with Gasteiger partial charge in [-0.05, 0) is 51.4 Å². The molecule has 0 rings (SSSR count). The molecule has 0 aromatic carbocycles. The van der Waals surface area contributed by atoms with Crippen LogP contribution in [0.3, 0.4) is 0 Å². The second-order valence-electron chi connectivity index (χ2n) is 16.7. The van der Waals surface area contributed by atoms with Gasteiger partial charge in [0.1, 0.15) is 19.8 Å². The average molecular weight is 862 g/mol. The van der Waals surface area contributed by atoms with Crippen LogP contribution in [0.1, 0.15) is 181 Å². The Morgan fingerprint density at radius 2 is 0.950 bits per heavy atom. The number of carbonyl (C=O) groups is 2. The third-order valence-electron chi connectivity index (χ3n) is 9.75. The first kappa shape index (κ1) is 57.4. The van der Waals surface area contributed by atoms with Gasteiger partial charge in [-0.15, -0.1) is 0 Å². The highest BCUT2D eigenvalue weighted by Gasteiger charge is 2.21. The predicted molar refractivity (Wildman–Crippen MR) is 249 cm³/mol. The third kappa shape index (κ3) is 45.0. The molecule has 346 valence electrons. The van der Waals surface area contributed by atoms with Gasteiger partial charge in [-0.25, -0.2) is 0 Å². The molecule has 1 unspecified atom stereocenters. The van der Waals surface area contributed by atoms with E-state index in [2.05, 4.69) is 74.6 Å². The van der Waals surface area contributed by atoms with Crippen molar-refractivity contribution in [2.45, 2.75) is 187 Å². The topological polar surface area (TPSA) is 111 Å². The van der Waals surface area contributed by atoms with Crippen molar-refractivity contribution in [2.75, 3.05) is 47.5 Å². The van der Waals surface area contributed by atoms with E-state index in [1.54, 1.807) is 0 Å². The average Bonchev–Trinajstić information content (AvgIpc) is 3.20. The van der Waals surface area contributed by atoms with Crippen molar-refractivity contribution >= 4 is 19.8 Å². The minimum Gasteiger partial charge on any atom is -0.756 e. The largest absolute Gasteiger partial charge is 0.756 e. The molecule has 10 heteroatoms. The summed E-state index contributed by atoms with van der Waals surface area (Å²) in [6, 6.07) is 0. The summed E-state index contributed by atoms with van der Waals surface area (Å²) in [5.74, 6) is -0.932. The Bertz CT molecular complexity index is 1250. The molecule has 0 saturated carbocycles. The van der Waals surface area contributed by atoms with Gasteiger partial charge in [0.15, 0.2) is 6.10 Å². The van der Waals surface area contributed by atoms with Crippen LogP contribution in [0.25, 0.3) is 0 Å². The van der Waals surface area contributed by atoms with Crippen LogP contribution in [0.15, 0.2) is 72.9 Å². The molecule has 0 aromatic heterocycles. The van der Waals surface area contributed by atoms with E-state index in [4.69, 9.17) is 18.5 Å². The Morgan fingerprint density at radius 1 is 0.533 bits per heavy atom. The molecular formula is C50H88NO8P. The summed E-state index contributed by atoms with van der Waals surface area (Å²) >= 11 is 0. The van der Waals surface area contributed by atoms with Crippen LogP contribution in [0, 0.1) is 0 Å². The van der Waals surface area contributed by atoms with Gasteiger partial charge in [0.2, 0.25) is 0 Å². The monoisotopic (exact) mass is 862 g/mol. The first-order chi connectivity index (χ1) is 29.0. The number of rotatable bonds is 42. The molecule has 0 radical (unpaired) electrons. The Morgan fingerprint density at radius 3 is 1.38 bits per heavy atom. The van der Waals surface area contributed by atoms with Crippen molar-refractivity contribution < 1.29 is 42.1 Å². The summed E-state index contributed by atoms with van der Waals surface area (Å²) in [6.45, 7) is 4.03. The highest BCUT2D eigenvalue weighted by atomic mass is 31.2. The van der Waals surface area contributed by atoms with Crippen molar-refractivity contribution in [1.82, 2.24) is 0 Å². The van der Waals surface area contributed by atoms with Crippen molar-refractivity contribution in [3.8, 4) is 0 Å². The van der Waals surface area contributed by atoms with Gasteiger partial charge in [0, 0.05) is 12.8 Å². The summed E-state index contributed by atoms with van der Waals surface area (Å²) in [4.78, 5) is 37.6. The van der Waals surface area contributed by atoms with Gasteiger partial charge in [-0.1, -0.05) is 189 Å². The van der Waals surface area contributed by atoms with Crippen LogP contribution in [0.2, 0.25) is 0 Å². The highest BCUT2D eigenvalue weighted by molar-refractivity contribution is 7.45. The predicted octanol–water partition coefficient (Wildman–Crippen LogP) is 13.2. The van der Waals surface area contributed by atoms with Crippen molar-refractivity contribution in [3.05, 3.63) is 72.9 Å². The maximum Gasteiger partial charge on any atom is 0.306 e. The van der Waals surface area contributed by atoms with Gasteiger partial charge < -0.3 is 27.9 Å². The second kappa shape index (κ2) is 41.8. The van der Waals surface area contributed by atoms with E-state index in [-0.39, 0.29) is 26.1 Å². The van der Waals surface area contributed by atoms with Crippen LogP contribution < -0.4 is 4.89 Å². The van der Waals surface area contributed by atoms with Crippen LogP contribution in [0.5, 0.6) is 0 Å². The lowest BCUT2D eigenvalue weighted by molar-refractivity contribution is -0.870. The van der Waals surface area contributed by atoms with Crippen molar-refractivity contribution in [3.63, 3.8) is 0 Å². The molecule has 0 aliphatic carbocycles. The van der Waals surface area contributed by atoms with Crippen molar-refractivity contribution in [1.29, 1.82) is 0 Å². The Balaban J connectivity index is 4.44. The SMILES string of the molecule is CC/C=C/C/C=C/C/C=C/C/C=C/C/C=C/C/C=C/CCC(=O)O[C@H](COC(=O)CCCCCCCCCCCCCCCCCCC)COP(=O)([O-])OCC[N+](C)(C)C. The number of allylic oxidation sites excluding steroid dienone is 12. The molecule has 0 aliphatic rings. The maximum absolute atomic E-state index is 12.7. The van der Waals surface area contributed by atoms with Crippen LogP contribution in [-0.2, 0) is 32.7 Å². The van der Waals surface area contributed by atoms with E-state index < -0.39 is 32.5 Å². The molecule has 9 nitrogen and oxygen atoms in total. The number of likely N-dealkylation sites (N-methyl/N-ethyl adjacent to an activating group) is 1. The summed E-state index contributed by atoms with van der Waals surface area (Å²) < 4.78 is 33.9. The molecule has 0 fully saturated rings. The number of ether oxygens (including phenoxy) is 2. The summed E-state index contributed by atoms with van der Waals surface area (Å²) in [6.07, 6.45) is 52.3. The van der Waals surface area contributed by atoms with Gasteiger partial charge in [0.25, 0.3) is 7.82 Å². The Kier molecular flexibility index (Phi) is 40.0. The Hall–Kier alpha value is -2.55. The number of carbonyl (C=O) groups excluding carboxylic acids is 2. The fourth-order valence-corrected chi connectivity index (χ4v) is 6.82.